The van der Waals surface area contributed by atoms with Crippen LogP contribution in [0.1, 0.15) is 17.3 Å². The average molecular weight is 210 g/mol. The summed E-state index contributed by atoms with van der Waals surface area (Å²) in [5.41, 5.74) is 1.98. The summed E-state index contributed by atoms with van der Waals surface area (Å²) >= 11 is 0. The third kappa shape index (κ3) is 3.95. The van der Waals surface area contributed by atoms with Crippen LogP contribution in [-0.4, -0.2) is 37.0 Å². The minimum Gasteiger partial charge on any atom is -0.394 e. The molecule has 15 heavy (non-hydrogen) atoms. The van der Waals surface area contributed by atoms with Gasteiger partial charge < -0.3 is 15.2 Å². The van der Waals surface area contributed by atoms with E-state index in [1.54, 1.807) is 13.3 Å². The smallest absolute Gasteiger partial charge is 0.0627 e. The molecule has 1 heterocycles. The van der Waals surface area contributed by atoms with E-state index in [9.17, 15) is 5.11 Å². The Morgan fingerprint density at radius 1 is 1.53 bits per heavy atom. The average Bonchev–Trinajstić information content (AvgIpc) is 2.26. The molecule has 1 unspecified atom stereocenters. The molecule has 4 nitrogen and oxygen atoms in total. The summed E-state index contributed by atoms with van der Waals surface area (Å²) in [5.74, 6) is 0. The van der Waals surface area contributed by atoms with Crippen LogP contribution in [0.25, 0.3) is 0 Å². The molecular formula is C11H18N2O2. The van der Waals surface area contributed by atoms with Crippen molar-refractivity contribution in [2.24, 2.45) is 0 Å². The quantitative estimate of drug-likeness (QED) is 0.677. The van der Waals surface area contributed by atoms with Crippen molar-refractivity contribution in [3.05, 3.63) is 29.6 Å². The van der Waals surface area contributed by atoms with Gasteiger partial charge in [0.15, 0.2) is 0 Å². The SMILES string of the molecule is COCCNC(CO)c1ccc(C)nc1. The van der Waals surface area contributed by atoms with E-state index in [1.165, 1.54) is 0 Å². The van der Waals surface area contributed by atoms with Crippen LogP contribution < -0.4 is 5.32 Å². The number of methoxy groups -OCH3 is 1. The lowest BCUT2D eigenvalue weighted by atomic mass is 10.1. The molecule has 2 N–H and O–H groups in total. The number of nitrogens with zero attached hydrogens (tertiary/aromatic N) is 1. The molecule has 0 aliphatic heterocycles. The molecule has 1 aromatic rings. The largest absolute Gasteiger partial charge is 0.394 e. The normalized spacial score (nSPS) is 12.7. The van der Waals surface area contributed by atoms with E-state index in [4.69, 9.17) is 4.74 Å². The first-order chi connectivity index (χ1) is 7.27. The number of pyridine rings is 1. The number of rotatable bonds is 6. The van der Waals surface area contributed by atoms with Crippen LogP contribution in [0.5, 0.6) is 0 Å². The molecule has 0 saturated heterocycles. The number of aromatic nitrogens is 1. The van der Waals surface area contributed by atoms with Gasteiger partial charge in [0.1, 0.15) is 0 Å². The molecule has 1 aromatic heterocycles. The maximum absolute atomic E-state index is 9.22. The molecule has 0 aliphatic carbocycles. The molecule has 4 heteroatoms. The zero-order chi connectivity index (χ0) is 11.1. The molecule has 0 aliphatic rings. The lowest BCUT2D eigenvalue weighted by molar-refractivity contribution is 0.184. The lowest BCUT2D eigenvalue weighted by Crippen LogP contribution is -2.27. The second-order valence-electron chi connectivity index (χ2n) is 3.41. The van der Waals surface area contributed by atoms with Crippen LogP contribution in [0.15, 0.2) is 18.3 Å². The molecule has 0 aromatic carbocycles. The van der Waals surface area contributed by atoms with Crippen molar-refractivity contribution in [3.8, 4) is 0 Å². The molecule has 84 valence electrons. The number of aliphatic hydroxyl groups excluding tert-OH is 1. The number of ether oxygens (including phenoxy) is 1. The van der Waals surface area contributed by atoms with E-state index in [-0.39, 0.29) is 12.6 Å². The van der Waals surface area contributed by atoms with Crippen LogP contribution in [-0.2, 0) is 4.74 Å². The van der Waals surface area contributed by atoms with Gasteiger partial charge in [-0.25, -0.2) is 0 Å². The first-order valence-corrected chi connectivity index (χ1v) is 5.03. The number of aryl methyl sites for hydroxylation is 1. The van der Waals surface area contributed by atoms with E-state index >= 15 is 0 Å². The molecule has 0 saturated carbocycles. The topological polar surface area (TPSA) is 54.4 Å². The number of hydrogen-bond donors (Lipinski definition) is 2. The van der Waals surface area contributed by atoms with Gasteiger partial charge in [0.05, 0.1) is 19.3 Å². The van der Waals surface area contributed by atoms with Crippen LogP contribution in [0, 0.1) is 6.92 Å². The van der Waals surface area contributed by atoms with Gasteiger partial charge in [0, 0.05) is 25.5 Å². The summed E-state index contributed by atoms with van der Waals surface area (Å²) in [6.07, 6.45) is 1.79. The summed E-state index contributed by atoms with van der Waals surface area (Å²) in [7, 11) is 1.66. The van der Waals surface area contributed by atoms with Crippen molar-refractivity contribution in [1.29, 1.82) is 0 Å². The Hall–Kier alpha value is -0.970. The van der Waals surface area contributed by atoms with Crippen molar-refractivity contribution >= 4 is 0 Å². The van der Waals surface area contributed by atoms with Crippen LogP contribution in [0.3, 0.4) is 0 Å². The van der Waals surface area contributed by atoms with Crippen molar-refractivity contribution in [1.82, 2.24) is 10.3 Å². The fourth-order valence-corrected chi connectivity index (χ4v) is 1.31. The van der Waals surface area contributed by atoms with Crippen molar-refractivity contribution in [2.75, 3.05) is 26.9 Å². The molecule has 0 fully saturated rings. The van der Waals surface area contributed by atoms with E-state index in [2.05, 4.69) is 10.3 Å². The van der Waals surface area contributed by atoms with E-state index in [0.29, 0.717) is 6.61 Å². The Labute approximate surface area is 90.3 Å². The number of hydrogen-bond acceptors (Lipinski definition) is 4. The summed E-state index contributed by atoms with van der Waals surface area (Å²) in [6.45, 7) is 3.36. The Kier molecular flexibility index (Phi) is 5.25. The second-order valence-corrected chi connectivity index (χ2v) is 3.41. The minimum atomic E-state index is -0.0618. The van der Waals surface area contributed by atoms with Crippen LogP contribution >= 0.6 is 0 Å². The van der Waals surface area contributed by atoms with Gasteiger partial charge in [-0.05, 0) is 18.6 Å². The van der Waals surface area contributed by atoms with E-state index in [0.717, 1.165) is 17.8 Å². The van der Waals surface area contributed by atoms with Crippen LogP contribution in [0.2, 0.25) is 0 Å². The fourth-order valence-electron chi connectivity index (χ4n) is 1.31. The number of aliphatic hydroxyl groups is 1. The maximum atomic E-state index is 9.22. The van der Waals surface area contributed by atoms with Gasteiger partial charge in [-0.3, -0.25) is 4.98 Å². The Bertz CT molecular complexity index is 274. The predicted molar refractivity (Wildman–Crippen MR) is 58.7 cm³/mol. The van der Waals surface area contributed by atoms with Gasteiger partial charge in [0.25, 0.3) is 0 Å². The first kappa shape index (κ1) is 12.1. The summed E-state index contributed by atoms with van der Waals surface area (Å²) in [4.78, 5) is 4.19. The van der Waals surface area contributed by atoms with Gasteiger partial charge in [-0.15, -0.1) is 0 Å². The van der Waals surface area contributed by atoms with Gasteiger partial charge in [0.2, 0.25) is 0 Å². The highest BCUT2D eigenvalue weighted by Crippen LogP contribution is 2.10. The zero-order valence-corrected chi connectivity index (χ0v) is 9.23. The predicted octanol–water partition coefficient (Wildman–Crippen LogP) is 0.659. The molecule has 0 bridgehead atoms. The third-order valence-electron chi connectivity index (χ3n) is 2.22. The Morgan fingerprint density at radius 3 is 2.87 bits per heavy atom. The number of nitrogens with one attached hydrogen (secondary N) is 1. The lowest BCUT2D eigenvalue weighted by Gasteiger charge is -2.16. The standard InChI is InChI=1S/C11H18N2O2/c1-9-3-4-10(7-13-9)11(8-14)12-5-6-15-2/h3-4,7,11-12,14H,5-6,8H2,1-2H3. The molecule has 0 spiro atoms. The zero-order valence-electron chi connectivity index (χ0n) is 9.23. The summed E-state index contributed by atoms with van der Waals surface area (Å²) in [5, 5.41) is 12.4. The molecule has 0 amide bonds. The highest BCUT2D eigenvalue weighted by molar-refractivity contribution is 5.17. The fraction of sp³-hybridized carbons (Fsp3) is 0.545. The summed E-state index contributed by atoms with van der Waals surface area (Å²) < 4.78 is 4.93. The van der Waals surface area contributed by atoms with Crippen LogP contribution in [0.4, 0.5) is 0 Å². The van der Waals surface area contributed by atoms with E-state index in [1.807, 2.05) is 19.1 Å². The minimum absolute atomic E-state index is 0.0618. The second kappa shape index (κ2) is 6.50. The molecule has 1 atom stereocenters. The Balaban J connectivity index is 2.53. The van der Waals surface area contributed by atoms with Crippen molar-refractivity contribution < 1.29 is 9.84 Å². The van der Waals surface area contributed by atoms with Gasteiger partial charge in [-0.2, -0.15) is 0 Å². The van der Waals surface area contributed by atoms with Gasteiger partial charge >= 0.3 is 0 Å². The first-order valence-electron chi connectivity index (χ1n) is 5.03. The Morgan fingerprint density at radius 2 is 2.33 bits per heavy atom. The van der Waals surface area contributed by atoms with Crippen molar-refractivity contribution in [3.63, 3.8) is 0 Å². The maximum Gasteiger partial charge on any atom is 0.0627 e. The highest BCUT2D eigenvalue weighted by Gasteiger charge is 2.08. The highest BCUT2D eigenvalue weighted by atomic mass is 16.5. The van der Waals surface area contributed by atoms with Gasteiger partial charge in [-0.1, -0.05) is 6.07 Å². The van der Waals surface area contributed by atoms with Crippen molar-refractivity contribution in [2.45, 2.75) is 13.0 Å². The van der Waals surface area contributed by atoms with E-state index < -0.39 is 0 Å². The summed E-state index contributed by atoms with van der Waals surface area (Å²) in [6, 6.07) is 3.85. The third-order valence-corrected chi connectivity index (χ3v) is 2.22. The monoisotopic (exact) mass is 210 g/mol. The molecule has 0 radical (unpaired) electrons. The molecule has 1 rings (SSSR count). The molecular weight excluding hydrogens is 192 g/mol.